The number of hydrogen-bond donors (Lipinski definition) is 1. The van der Waals surface area contributed by atoms with Crippen LogP contribution in [0.2, 0.25) is 0 Å². The second-order valence-corrected chi connectivity index (χ2v) is 6.01. The van der Waals surface area contributed by atoms with E-state index in [4.69, 9.17) is 0 Å². The molecule has 0 radical (unpaired) electrons. The first-order valence-electron chi connectivity index (χ1n) is 6.41. The van der Waals surface area contributed by atoms with Gasteiger partial charge in [0.15, 0.2) is 0 Å². The minimum atomic E-state index is -0.580. The van der Waals surface area contributed by atoms with Gasteiger partial charge in [0.2, 0.25) is 0 Å². The van der Waals surface area contributed by atoms with Gasteiger partial charge in [0.05, 0.1) is 5.41 Å². The Morgan fingerprint density at radius 3 is 3.00 bits per heavy atom. The van der Waals surface area contributed by atoms with E-state index in [2.05, 4.69) is 23.8 Å². The normalized spacial score (nSPS) is 28.4. The van der Waals surface area contributed by atoms with Gasteiger partial charge < -0.3 is 5.11 Å². The molecule has 1 aromatic heterocycles. The van der Waals surface area contributed by atoms with Crippen LogP contribution in [0.4, 0.5) is 0 Å². The predicted molar refractivity (Wildman–Crippen MR) is 70.3 cm³/mol. The van der Waals surface area contributed by atoms with Crippen molar-refractivity contribution >= 4 is 17.3 Å². The van der Waals surface area contributed by atoms with E-state index in [1.54, 1.807) is 11.3 Å². The van der Waals surface area contributed by atoms with Crippen LogP contribution in [0.3, 0.4) is 0 Å². The summed E-state index contributed by atoms with van der Waals surface area (Å²) in [6.07, 6.45) is 5.66. The van der Waals surface area contributed by atoms with Gasteiger partial charge in [-0.25, -0.2) is 0 Å². The largest absolute Gasteiger partial charge is 0.481 e. The third kappa shape index (κ3) is 2.71. The van der Waals surface area contributed by atoms with Crippen molar-refractivity contribution in [3.05, 3.63) is 22.4 Å². The first-order valence-corrected chi connectivity index (χ1v) is 7.35. The second kappa shape index (κ2) is 5.21. The molecule has 0 spiro atoms. The van der Waals surface area contributed by atoms with Crippen molar-refractivity contribution in [2.45, 2.75) is 45.4 Å². The number of aliphatic carboxylic acids is 1. The summed E-state index contributed by atoms with van der Waals surface area (Å²) in [4.78, 5) is 11.5. The summed E-state index contributed by atoms with van der Waals surface area (Å²) in [5.41, 5.74) is 0.846. The summed E-state index contributed by atoms with van der Waals surface area (Å²) in [7, 11) is 0. The molecule has 0 aliphatic heterocycles. The summed E-state index contributed by atoms with van der Waals surface area (Å²) >= 11 is 1.69. The van der Waals surface area contributed by atoms with Crippen LogP contribution >= 0.6 is 11.3 Å². The van der Waals surface area contributed by atoms with Crippen molar-refractivity contribution in [2.24, 2.45) is 11.3 Å². The molecular weight excluding hydrogens is 232 g/mol. The molecule has 0 amide bonds. The predicted octanol–water partition coefficient (Wildman–Crippen LogP) is 3.96. The van der Waals surface area contributed by atoms with Crippen LogP contribution in [-0.2, 0) is 11.2 Å². The van der Waals surface area contributed by atoms with Crippen LogP contribution in [0.1, 0.15) is 44.6 Å². The van der Waals surface area contributed by atoms with Gasteiger partial charge in [-0.1, -0.05) is 13.3 Å². The molecule has 0 aromatic carbocycles. The van der Waals surface area contributed by atoms with E-state index in [0.717, 1.165) is 38.5 Å². The molecule has 2 unspecified atom stereocenters. The smallest absolute Gasteiger partial charge is 0.309 e. The Hall–Kier alpha value is -0.830. The van der Waals surface area contributed by atoms with E-state index in [1.165, 1.54) is 5.56 Å². The Bertz CT molecular complexity index is 372. The van der Waals surface area contributed by atoms with Crippen LogP contribution in [-0.4, -0.2) is 11.1 Å². The van der Waals surface area contributed by atoms with E-state index in [-0.39, 0.29) is 0 Å². The first-order chi connectivity index (χ1) is 8.16. The fourth-order valence-corrected chi connectivity index (χ4v) is 3.64. The third-order valence-corrected chi connectivity index (χ3v) is 4.95. The van der Waals surface area contributed by atoms with Crippen LogP contribution in [0, 0.1) is 11.3 Å². The quantitative estimate of drug-likeness (QED) is 0.861. The highest BCUT2D eigenvalue weighted by molar-refractivity contribution is 7.07. The van der Waals surface area contributed by atoms with E-state index < -0.39 is 11.4 Å². The van der Waals surface area contributed by atoms with Gasteiger partial charge in [0.1, 0.15) is 0 Å². The molecule has 3 heteroatoms. The maximum Gasteiger partial charge on any atom is 0.309 e. The van der Waals surface area contributed by atoms with Gasteiger partial charge in [-0.3, -0.25) is 4.79 Å². The van der Waals surface area contributed by atoms with Crippen LogP contribution in [0.15, 0.2) is 16.8 Å². The Labute approximate surface area is 107 Å². The molecule has 17 heavy (non-hydrogen) atoms. The number of rotatable bonds is 5. The molecular formula is C14H20O2S. The zero-order valence-electron chi connectivity index (χ0n) is 10.3. The Morgan fingerprint density at radius 2 is 2.47 bits per heavy atom. The number of carboxylic acid groups (broad SMARTS) is 1. The van der Waals surface area contributed by atoms with Crippen molar-refractivity contribution in [1.29, 1.82) is 0 Å². The number of hydrogen-bond acceptors (Lipinski definition) is 2. The molecule has 1 N–H and O–H groups in total. The molecule has 1 fully saturated rings. The monoisotopic (exact) mass is 252 g/mol. The van der Waals surface area contributed by atoms with Gasteiger partial charge in [-0.05, 0) is 60.4 Å². The van der Waals surface area contributed by atoms with E-state index in [1.807, 2.05) is 0 Å². The molecule has 1 aromatic rings. The van der Waals surface area contributed by atoms with E-state index >= 15 is 0 Å². The SMILES string of the molecule is CCC1CCC(CCc2ccsc2)(C(=O)O)C1. The Morgan fingerprint density at radius 1 is 1.65 bits per heavy atom. The lowest BCUT2D eigenvalue weighted by Crippen LogP contribution is -2.28. The first kappa shape index (κ1) is 12.6. The maximum atomic E-state index is 11.5. The number of carboxylic acids is 1. The third-order valence-electron chi connectivity index (χ3n) is 4.21. The molecule has 1 heterocycles. The number of aryl methyl sites for hydroxylation is 1. The lowest BCUT2D eigenvalue weighted by molar-refractivity contribution is -0.149. The highest BCUT2D eigenvalue weighted by Crippen LogP contribution is 2.46. The average molecular weight is 252 g/mol. The fraction of sp³-hybridized carbons (Fsp3) is 0.643. The summed E-state index contributed by atoms with van der Waals surface area (Å²) in [6, 6.07) is 2.10. The van der Waals surface area contributed by atoms with E-state index in [9.17, 15) is 9.90 Å². The zero-order valence-corrected chi connectivity index (χ0v) is 11.1. The molecule has 1 saturated carbocycles. The molecule has 2 nitrogen and oxygen atoms in total. The van der Waals surface area contributed by atoms with Gasteiger partial charge in [0.25, 0.3) is 0 Å². The Balaban J connectivity index is 2.01. The lowest BCUT2D eigenvalue weighted by Gasteiger charge is -2.24. The lowest BCUT2D eigenvalue weighted by atomic mass is 9.80. The van der Waals surface area contributed by atoms with Crippen LogP contribution in [0.5, 0.6) is 0 Å². The molecule has 2 rings (SSSR count). The molecule has 1 aliphatic carbocycles. The molecule has 94 valence electrons. The average Bonchev–Trinajstić information content (AvgIpc) is 2.96. The van der Waals surface area contributed by atoms with Crippen molar-refractivity contribution < 1.29 is 9.90 Å². The standard InChI is InChI=1S/C14H20O2S/c1-2-11-3-6-14(9-11,13(15)16)7-4-12-5-8-17-10-12/h5,8,10-11H,2-4,6-7,9H2,1H3,(H,15,16). The number of carbonyl (C=O) groups is 1. The molecule has 2 atom stereocenters. The van der Waals surface area contributed by atoms with Gasteiger partial charge in [0, 0.05) is 0 Å². The van der Waals surface area contributed by atoms with Crippen LogP contribution < -0.4 is 0 Å². The van der Waals surface area contributed by atoms with Crippen LogP contribution in [0.25, 0.3) is 0 Å². The van der Waals surface area contributed by atoms with Crippen molar-refractivity contribution in [3.63, 3.8) is 0 Å². The minimum Gasteiger partial charge on any atom is -0.481 e. The van der Waals surface area contributed by atoms with E-state index in [0.29, 0.717) is 5.92 Å². The number of thiophene rings is 1. The molecule has 0 bridgehead atoms. The summed E-state index contributed by atoms with van der Waals surface area (Å²) in [5, 5.41) is 13.7. The summed E-state index contributed by atoms with van der Waals surface area (Å²) in [6.45, 7) is 2.17. The second-order valence-electron chi connectivity index (χ2n) is 5.23. The molecule has 1 aliphatic rings. The highest BCUT2D eigenvalue weighted by atomic mass is 32.1. The highest BCUT2D eigenvalue weighted by Gasteiger charge is 2.44. The topological polar surface area (TPSA) is 37.3 Å². The summed E-state index contributed by atoms with van der Waals surface area (Å²) in [5.74, 6) is 0.0391. The summed E-state index contributed by atoms with van der Waals surface area (Å²) < 4.78 is 0. The Kier molecular flexibility index (Phi) is 3.87. The van der Waals surface area contributed by atoms with Gasteiger partial charge >= 0.3 is 5.97 Å². The van der Waals surface area contributed by atoms with Crippen molar-refractivity contribution in [2.75, 3.05) is 0 Å². The fourth-order valence-electron chi connectivity index (χ4n) is 2.93. The van der Waals surface area contributed by atoms with Gasteiger partial charge in [-0.15, -0.1) is 0 Å². The van der Waals surface area contributed by atoms with Crippen molar-refractivity contribution in [1.82, 2.24) is 0 Å². The minimum absolute atomic E-state index is 0.442. The van der Waals surface area contributed by atoms with Gasteiger partial charge in [-0.2, -0.15) is 11.3 Å². The van der Waals surface area contributed by atoms with Crippen molar-refractivity contribution in [3.8, 4) is 0 Å². The molecule has 0 saturated heterocycles. The zero-order chi connectivity index (χ0) is 12.3. The maximum absolute atomic E-state index is 11.5.